The number of rotatable bonds is 6. The first-order chi connectivity index (χ1) is 13.8. The molecule has 29 heavy (non-hydrogen) atoms. The first-order valence-electron chi connectivity index (χ1n) is 9.24. The van der Waals surface area contributed by atoms with E-state index < -0.39 is 17.7 Å². The molecule has 1 atom stereocenters. The van der Waals surface area contributed by atoms with Crippen molar-refractivity contribution in [3.05, 3.63) is 74.2 Å². The highest BCUT2D eigenvalue weighted by Crippen LogP contribution is 2.40. The average molecular weight is 522 g/mol. The number of benzene rings is 2. The molecule has 0 aromatic heterocycles. The molecule has 5 nitrogen and oxygen atoms in total. The Kier molecular flexibility index (Phi) is 6.93. The number of carbonyl (C=O) groups excluding carboxylic acids is 2. The van der Waals surface area contributed by atoms with E-state index in [4.69, 9.17) is 0 Å². The van der Waals surface area contributed by atoms with Gasteiger partial charge in [-0.15, -0.1) is 0 Å². The van der Waals surface area contributed by atoms with Crippen LogP contribution >= 0.6 is 31.9 Å². The maximum atomic E-state index is 12.9. The zero-order valence-electron chi connectivity index (χ0n) is 16.2. The number of hydrogen-bond acceptors (Lipinski definition) is 4. The Morgan fingerprint density at radius 3 is 2.38 bits per heavy atom. The number of likely N-dealkylation sites (tertiary alicyclic amines) is 1. The number of halogens is 2. The van der Waals surface area contributed by atoms with Crippen LogP contribution in [0.4, 0.5) is 0 Å². The molecule has 0 spiro atoms. The van der Waals surface area contributed by atoms with Crippen LogP contribution in [0.15, 0.2) is 63.0 Å². The molecule has 1 aliphatic rings. The molecular weight excluding hydrogens is 500 g/mol. The summed E-state index contributed by atoms with van der Waals surface area (Å²) < 4.78 is 1.71. The molecule has 152 valence electrons. The lowest BCUT2D eigenvalue weighted by Crippen LogP contribution is -2.32. The first-order valence-corrected chi connectivity index (χ1v) is 10.8. The molecule has 1 N–H and O–H groups in total. The number of aliphatic hydroxyl groups excluding tert-OH is 1. The lowest BCUT2D eigenvalue weighted by atomic mass is 9.95. The molecule has 1 aliphatic heterocycles. The summed E-state index contributed by atoms with van der Waals surface area (Å²) in [5.41, 5.74) is 1.40. The Morgan fingerprint density at radius 2 is 1.76 bits per heavy atom. The van der Waals surface area contributed by atoms with Gasteiger partial charge in [0.15, 0.2) is 0 Å². The van der Waals surface area contributed by atoms with E-state index in [1.165, 1.54) is 0 Å². The predicted molar refractivity (Wildman–Crippen MR) is 120 cm³/mol. The largest absolute Gasteiger partial charge is 0.507 e. The summed E-state index contributed by atoms with van der Waals surface area (Å²) in [6.45, 7) is 1.22. The SMILES string of the molecule is CN(C)CCCN1C(=O)C(=O)/C(=C(/O)c2ccc(Br)cc2)[C@H]1c1cccc(Br)c1. The van der Waals surface area contributed by atoms with Crippen LogP contribution in [-0.4, -0.2) is 53.8 Å². The Bertz CT molecular complexity index is 955. The fraction of sp³-hybridized carbons (Fsp3) is 0.273. The molecule has 2 aromatic rings. The maximum absolute atomic E-state index is 12.9. The minimum absolute atomic E-state index is 0.125. The van der Waals surface area contributed by atoms with Gasteiger partial charge in [-0.1, -0.05) is 56.1 Å². The minimum atomic E-state index is -0.653. The molecule has 1 amide bonds. The average Bonchev–Trinajstić information content (AvgIpc) is 2.93. The summed E-state index contributed by atoms with van der Waals surface area (Å²) in [6.07, 6.45) is 0.725. The van der Waals surface area contributed by atoms with Gasteiger partial charge in [0.2, 0.25) is 0 Å². The fourth-order valence-corrected chi connectivity index (χ4v) is 4.14. The van der Waals surface area contributed by atoms with Gasteiger partial charge in [0.25, 0.3) is 11.7 Å². The van der Waals surface area contributed by atoms with E-state index in [1.54, 1.807) is 29.2 Å². The van der Waals surface area contributed by atoms with Gasteiger partial charge in [0, 0.05) is 21.1 Å². The van der Waals surface area contributed by atoms with Crippen molar-refractivity contribution in [2.24, 2.45) is 0 Å². The number of nitrogens with zero attached hydrogens (tertiary/aromatic N) is 2. The third-order valence-corrected chi connectivity index (χ3v) is 5.85. The van der Waals surface area contributed by atoms with E-state index in [1.807, 2.05) is 43.3 Å². The number of aliphatic hydroxyl groups is 1. The van der Waals surface area contributed by atoms with Crippen molar-refractivity contribution >= 4 is 49.3 Å². The second-order valence-corrected chi connectivity index (χ2v) is 9.04. The van der Waals surface area contributed by atoms with Crippen molar-refractivity contribution in [3.8, 4) is 0 Å². The Labute approximate surface area is 187 Å². The smallest absolute Gasteiger partial charge is 0.295 e. The predicted octanol–water partition coefficient (Wildman–Crippen LogP) is 4.59. The van der Waals surface area contributed by atoms with Crippen LogP contribution in [0.3, 0.4) is 0 Å². The molecule has 3 rings (SSSR count). The summed E-state index contributed by atoms with van der Waals surface area (Å²) in [5.74, 6) is -1.39. The van der Waals surface area contributed by atoms with E-state index in [0.717, 1.165) is 27.5 Å². The highest BCUT2D eigenvalue weighted by atomic mass is 79.9. The van der Waals surface area contributed by atoms with E-state index in [2.05, 4.69) is 31.9 Å². The van der Waals surface area contributed by atoms with Crippen LogP contribution in [0.25, 0.3) is 5.76 Å². The van der Waals surface area contributed by atoms with Crippen molar-refractivity contribution in [3.63, 3.8) is 0 Å². The fourth-order valence-electron chi connectivity index (χ4n) is 3.45. The van der Waals surface area contributed by atoms with Crippen molar-refractivity contribution in [2.75, 3.05) is 27.2 Å². The standard InChI is InChI=1S/C22H22Br2N2O3/c1-25(2)11-4-12-26-19(15-5-3-6-17(24)13-15)18(21(28)22(26)29)20(27)14-7-9-16(23)10-8-14/h3,5-10,13,19,27H,4,11-12H2,1-2H3/b20-18+/t19-/m1/s1. The van der Waals surface area contributed by atoms with E-state index >= 15 is 0 Å². The molecule has 2 aromatic carbocycles. The van der Waals surface area contributed by atoms with Gasteiger partial charge < -0.3 is 14.9 Å². The summed E-state index contributed by atoms with van der Waals surface area (Å²) in [4.78, 5) is 29.4. The van der Waals surface area contributed by atoms with E-state index in [0.29, 0.717) is 12.1 Å². The number of hydrogen-bond donors (Lipinski definition) is 1. The van der Waals surface area contributed by atoms with Crippen LogP contribution in [-0.2, 0) is 9.59 Å². The van der Waals surface area contributed by atoms with E-state index in [9.17, 15) is 14.7 Å². The van der Waals surface area contributed by atoms with Crippen LogP contribution < -0.4 is 0 Å². The lowest BCUT2D eigenvalue weighted by Gasteiger charge is -2.26. The molecule has 1 heterocycles. The number of Topliss-reactive ketones (excluding diaryl/α,β-unsaturated/α-hetero) is 1. The molecular formula is C22H22Br2N2O3. The normalized spacial score (nSPS) is 18.7. The van der Waals surface area contributed by atoms with Crippen molar-refractivity contribution in [2.45, 2.75) is 12.5 Å². The van der Waals surface area contributed by atoms with Crippen molar-refractivity contribution in [1.29, 1.82) is 0 Å². The third-order valence-electron chi connectivity index (χ3n) is 4.83. The molecule has 7 heteroatoms. The number of amides is 1. The van der Waals surface area contributed by atoms with E-state index in [-0.39, 0.29) is 11.3 Å². The monoisotopic (exact) mass is 520 g/mol. The van der Waals surface area contributed by atoms with Crippen LogP contribution in [0.5, 0.6) is 0 Å². The molecule has 0 bridgehead atoms. The van der Waals surface area contributed by atoms with Gasteiger partial charge in [-0.25, -0.2) is 0 Å². The lowest BCUT2D eigenvalue weighted by molar-refractivity contribution is -0.139. The summed E-state index contributed by atoms with van der Waals surface area (Å²) >= 11 is 6.83. The van der Waals surface area contributed by atoms with Crippen LogP contribution in [0.1, 0.15) is 23.6 Å². The second kappa shape index (κ2) is 9.24. The van der Waals surface area contributed by atoms with Gasteiger partial charge in [-0.05, 0) is 56.9 Å². The third kappa shape index (κ3) is 4.79. The summed E-state index contributed by atoms with van der Waals surface area (Å²) in [6, 6.07) is 13.9. The summed E-state index contributed by atoms with van der Waals surface area (Å²) in [7, 11) is 3.93. The minimum Gasteiger partial charge on any atom is -0.507 e. The molecule has 1 saturated heterocycles. The second-order valence-electron chi connectivity index (χ2n) is 7.21. The van der Waals surface area contributed by atoms with Gasteiger partial charge in [-0.3, -0.25) is 9.59 Å². The van der Waals surface area contributed by atoms with Crippen LogP contribution in [0.2, 0.25) is 0 Å². The zero-order chi connectivity index (χ0) is 21.1. The zero-order valence-corrected chi connectivity index (χ0v) is 19.4. The maximum Gasteiger partial charge on any atom is 0.295 e. The highest BCUT2D eigenvalue weighted by Gasteiger charge is 2.45. The number of carbonyl (C=O) groups is 2. The Hall–Kier alpha value is -1.96. The van der Waals surface area contributed by atoms with Gasteiger partial charge >= 0.3 is 0 Å². The number of ketones is 1. The van der Waals surface area contributed by atoms with Gasteiger partial charge in [0.05, 0.1) is 11.6 Å². The Balaban J connectivity index is 2.09. The molecule has 0 saturated carbocycles. The topological polar surface area (TPSA) is 60.9 Å². The molecule has 0 unspecified atom stereocenters. The van der Waals surface area contributed by atoms with Crippen molar-refractivity contribution in [1.82, 2.24) is 9.80 Å². The Morgan fingerprint density at radius 1 is 1.07 bits per heavy atom. The van der Waals surface area contributed by atoms with Gasteiger partial charge in [-0.2, -0.15) is 0 Å². The summed E-state index contributed by atoms with van der Waals surface area (Å²) in [5, 5.41) is 11.0. The first kappa shape index (κ1) is 21.7. The highest BCUT2D eigenvalue weighted by molar-refractivity contribution is 9.10. The molecule has 0 radical (unpaired) electrons. The molecule has 0 aliphatic carbocycles. The van der Waals surface area contributed by atoms with Gasteiger partial charge in [0.1, 0.15) is 5.76 Å². The quantitative estimate of drug-likeness (QED) is 0.343. The van der Waals surface area contributed by atoms with Crippen LogP contribution in [0, 0.1) is 0 Å². The molecule has 1 fully saturated rings. The van der Waals surface area contributed by atoms with Crippen molar-refractivity contribution < 1.29 is 14.7 Å².